The molecule has 0 aromatic carbocycles. The highest BCUT2D eigenvalue weighted by Gasteiger charge is 2.49. The molecule has 13 heavy (non-hydrogen) atoms. The molecule has 1 heterocycles. The van der Waals surface area contributed by atoms with Crippen molar-refractivity contribution in [1.82, 2.24) is 0 Å². The third-order valence-corrected chi connectivity index (χ3v) is 1.84. The van der Waals surface area contributed by atoms with Crippen molar-refractivity contribution >= 4 is 0 Å². The highest BCUT2D eigenvalue weighted by atomic mass is 17.0. The van der Waals surface area contributed by atoms with Crippen LogP contribution in [0.1, 0.15) is 40.0 Å². The lowest BCUT2D eigenvalue weighted by atomic mass is 10.2. The number of rotatable bonds is 4. The molecule has 1 N–H and O–H groups in total. The van der Waals surface area contributed by atoms with Crippen LogP contribution in [0, 0.1) is 0 Å². The van der Waals surface area contributed by atoms with Gasteiger partial charge < -0.3 is 5.11 Å². The number of aliphatic hydroxyl groups is 1. The highest BCUT2D eigenvalue weighted by Crippen LogP contribution is 2.36. The van der Waals surface area contributed by atoms with E-state index in [-0.39, 0.29) is 0 Å². The van der Waals surface area contributed by atoms with E-state index in [9.17, 15) is 5.11 Å². The zero-order valence-electron chi connectivity index (χ0n) is 8.54. The lowest BCUT2D eigenvalue weighted by Crippen LogP contribution is -2.58. The van der Waals surface area contributed by atoms with E-state index in [0.717, 1.165) is 19.3 Å². The number of unbranched alkanes of at least 4 members (excludes halogenated alkanes) is 2. The van der Waals surface area contributed by atoms with Crippen LogP contribution in [0.25, 0.3) is 0 Å². The van der Waals surface area contributed by atoms with Gasteiger partial charge in [0.1, 0.15) is 0 Å². The minimum Gasteiger partial charge on any atom is -0.340 e. The maximum absolute atomic E-state index is 9.51. The first kappa shape index (κ1) is 10.7. The maximum atomic E-state index is 9.51. The Morgan fingerprint density at radius 3 is 2.38 bits per heavy atom. The Hall–Kier alpha value is -0.380. The second kappa shape index (κ2) is 3.78. The van der Waals surface area contributed by atoms with E-state index >= 15 is 0 Å². The topological polar surface area (TPSA) is 38.7 Å². The molecule has 0 atom stereocenters. The molecule has 1 aliphatic heterocycles. The number of hydrogen-bond donors (Lipinski definition) is 1. The molecule has 0 unspecified atom stereocenters. The van der Waals surface area contributed by atoms with Gasteiger partial charge in [0.2, 0.25) is 0 Å². The van der Waals surface area contributed by atoms with Crippen molar-refractivity contribution in [3.8, 4) is 0 Å². The van der Waals surface area contributed by atoms with E-state index in [0.29, 0.717) is 0 Å². The van der Waals surface area contributed by atoms with Gasteiger partial charge in [0.15, 0.2) is 5.79 Å². The molecule has 76 valence electrons. The molecule has 0 aliphatic carbocycles. The minimum absolute atomic E-state index is 0.649. The Kier molecular flexibility index (Phi) is 3.11. The highest BCUT2D eigenvalue weighted by molar-refractivity contribution is 4.95. The summed E-state index contributed by atoms with van der Waals surface area (Å²) in [6.45, 7) is 5.66. The zero-order chi connectivity index (χ0) is 9.95. The maximum Gasteiger partial charge on any atom is 0.306 e. The van der Waals surface area contributed by atoms with E-state index in [4.69, 9.17) is 9.47 Å². The van der Waals surface area contributed by atoms with E-state index in [1.807, 2.05) is 6.08 Å². The van der Waals surface area contributed by atoms with Crippen molar-refractivity contribution in [3.05, 3.63) is 12.2 Å². The standard InChI is InChI=1S/C10H18O3/c1-4-5-6-7-8-10(11)12-9(2,3)13-10/h7-8,11H,4-6H2,1-3H3. The normalized spacial score (nSPS) is 24.6. The van der Waals surface area contributed by atoms with Gasteiger partial charge in [-0.05, 0) is 20.3 Å². The summed E-state index contributed by atoms with van der Waals surface area (Å²) in [5.74, 6) is -2.12. The van der Waals surface area contributed by atoms with Gasteiger partial charge >= 0.3 is 5.97 Å². The summed E-state index contributed by atoms with van der Waals surface area (Å²) in [7, 11) is 0. The van der Waals surface area contributed by atoms with Crippen molar-refractivity contribution in [3.63, 3.8) is 0 Å². The molecular weight excluding hydrogens is 168 g/mol. The van der Waals surface area contributed by atoms with Crippen LogP contribution >= 0.6 is 0 Å². The summed E-state index contributed by atoms with van der Waals surface area (Å²) in [6, 6.07) is 0. The van der Waals surface area contributed by atoms with Crippen molar-refractivity contribution in [2.24, 2.45) is 0 Å². The summed E-state index contributed by atoms with van der Waals surface area (Å²) >= 11 is 0. The SMILES string of the molecule is CCCCC=CC1(O)OC(C)(C)O1. The summed E-state index contributed by atoms with van der Waals surface area (Å²) < 4.78 is 10.3. The Labute approximate surface area is 79.3 Å². The summed E-state index contributed by atoms with van der Waals surface area (Å²) in [6.07, 6.45) is 6.67. The Morgan fingerprint density at radius 1 is 1.31 bits per heavy atom. The van der Waals surface area contributed by atoms with Crippen molar-refractivity contribution in [1.29, 1.82) is 0 Å². The van der Waals surface area contributed by atoms with Gasteiger partial charge in [-0.15, -0.1) is 0 Å². The molecule has 0 saturated carbocycles. The first-order valence-corrected chi connectivity index (χ1v) is 4.78. The van der Waals surface area contributed by atoms with E-state index in [2.05, 4.69) is 6.92 Å². The average Bonchev–Trinajstić information content (AvgIpc) is 1.94. The molecular formula is C10H18O3. The Bertz CT molecular complexity index is 188. The molecule has 0 aromatic heterocycles. The Balaban J connectivity index is 2.26. The van der Waals surface area contributed by atoms with E-state index in [1.165, 1.54) is 0 Å². The van der Waals surface area contributed by atoms with Crippen LogP contribution in [0.4, 0.5) is 0 Å². The van der Waals surface area contributed by atoms with Gasteiger partial charge in [-0.25, -0.2) is 0 Å². The first-order chi connectivity index (χ1) is 5.97. The van der Waals surface area contributed by atoms with Crippen molar-refractivity contribution < 1.29 is 14.6 Å². The molecule has 3 heteroatoms. The lowest BCUT2D eigenvalue weighted by Gasteiger charge is -2.47. The number of allylic oxidation sites excluding steroid dienone is 1. The van der Waals surface area contributed by atoms with Gasteiger partial charge in [0.05, 0.1) is 0 Å². The summed E-state index contributed by atoms with van der Waals surface area (Å²) in [5.41, 5.74) is 0. The molecule has 1 rings (SSSR count). The second-order valence-electron chi connectivity index (χ2n) is 3.78. The predicted octanol–water partition coefficient (Wildman–Crippen LogP) is 2.16. The van der Waals surface area contributed by atoms with Crippen LogP contribution in [-0.4, -0.2) is 16.9 Å². The molecule has 0 amide bonds. The summed E-state index contributed by atoms with van der Waals surface area (Å²) in [4.78, 5) is 0. The lowest BCUT2D eigenvalue weighted by molar-refractivity contribution is -0.546. The fraction of sp³-hybridized carbons (Fsp3) is 0.800. The monoisotopic (exact) mass is 186 g/mol. The van der Waals surface area contributed by atoms with E-state index in [1.54, 1.807) is 19.9 Å². The van der Waals surface area contributed by atoms with Crippen LogP contribution in [0.5, 0.6) is 0 Å². The van der Waals surface area contributed by atoms with Crippen LogP contribution in [0.2, 0.25) is 0 Å². The molecule has 0 bridgehead atoms. The predicted molar refractivity (Wildman–Crippen MR) is 49.9 cm³/mol. The van der Waals surface area contributed by atoms with E-state index < -0.39 is 11.8 Å². The van der Waals surface area contributed by atoms with Gasteiger partial charge in [-0.1, -0.05) is 25.8 Å². The van der Waals surface area contributed by atoms with Crippen LogP contribution in [0.3, 0.4) is 0 Å². The molecule has 1 fully saturated rings. The Morgan fingerprint density at radius 2 is 1.92 bits per heavy atom. The first-order valence-electron chi connectivity index (χ1n) is 4.78. The van der Waals surface area contributed by atoms with Crippen molar-refractivity contribution in [2.45, 2.75) is 51.8 Å². The molecule has 0 spiro atoms. The van der Waals surface area contributed by atoms with Gasteiger partial charge in [0.25, 0.3) is 0 Å². The molecule has 1 saturated heterocycles. The molecule has 0 radical (unpaired) electrons. The smallest absolute Gasteiger partial charge is 0.306 e. The fourth-order valence-corrected chi connectivity index (χ4v) is 1.33. The van der Waals surface area contributed by atoms with Crippen LogP contribution < -0.4 is 0 Å². The fourth-order valence-electron chi connectivity index (χ4n) is 1.33. The van der Waals surface area contributed by atoms with Gasteiger partial charge in [0, 0.05) is 6.08 Å². The number of hydrogen-bond acceptors (Lipinski definition) is 3. The summed E-state index contributed by atoms with van der Waals surface area (Å²) in [5, 5.41) is 9.51. The quantitative estimate of drug-likeness (QED) is 0.540. The van der Waals surface area contributed by atoms with Gasteiger partial charge in [-0.3, -0.25) is 9.47 Å². The van der Waals surface area contributed by atoms with Gasteiger partial charge in [-0.2, -0.15) is 0 Å². The van der Waals surface area contributed by atoms with Crippen LogP contribution in [0.15, 0.2) is 12.2 Å². The largest absolute Gasteiger partial charge is 0.340 e. The third-order valence-electron chi connectivity index (χ3n) is 1.84. The van der Waals surface area contributed by atoms with Crippen molar-refractivity contribution in [2.75, 3.05) is 0 Å². The molecule has 0 aromatic rings. The molecule has 3 nitrogen and oxygen atoms in total. The molecule has 1 aliphatic rings. The number of ether oxygens (including phenoxy) is 2. The zero-order valence-corrected chi connectivity index (χ0v) is 8.54. The third kappa shape index (κ3) is 3.10. The van der Waals surface area contributed by atoms with Crippen LogP contribution in [-0.2, 0) is 9.47 Å². The average molecular weight is 186 g/mol. The second-order valence-corrected chi connectivity index (χ2v) is 3.78. The minimum atomic E-state index is -1.47.